The molecule has 0 fully saturated rings. The molecule has 102 valence electrons. The number of carbonyl (C=O) groups excluding carboxylic acids is 2. The maximum atomic E-state index is 11.3. The van der Waals surface area contributed by atoms with Crippen molar-refractivity contribution in [3.8, 4) is 5.75 Å². The van der Waals surface area contributed by atoms with Gasteiger partial charge in [0, 0.05) is 6.54 Å². The van der Waals surface area contributed by atoms with Gasteiger partial charge in [-0.3, -0.25) is 9.59 Å². The van der Waals surface area contributed by atoms with E-state index < -0.39 is 11.8 Å². The molecule has 0 saturated carbocycles. The Hall–Kier alpha value is -2.37. The standard InChI is InChI=1S/C13H17N3O3/c1-9(2)7-14-12(18)13(19)16-15-8-10-3-5-11(17)6-4-10/h3-6,8-9,17H,7H2,1-2H3,(H,14,18)(H,16,19)/b15-8+. The van der Waals surface area contributed by atoms with E-state index in [0.717, 1.165) is 0 Å². The van der Waals surface area contributed by atoms with E-state index in [9.17, 15) is 9.59 Å². The van der Waals surface area contributed by atoms with Crippen molar-refractivity contribution in [3.63, 3.8) is 0 Å². The highest BCUT2D eigenvalue weighted by Gasteiger charge is 2.11. The van der Waals surface area contributed by atoms with Crippen LogP contribution in [-0.4, -0.2) is 29.7 Å². The molecule has 0 saturated heterocycles. The van der Waals surface area contributed by atoms with E-state index in [1.807, 2.05) is 13.8 Å². The van der Waals surface area contributed by atoms with Crippen molar-refractivity contribution < 1.29 is 14.7 Å². The van der Waals surface area contributed by atoms with Gasteiger partial charge in [0.25, 0.3) is 0 Å². The molecule has 0 heterocycles. The highest BCUT2D eigenvalue weighted by Crippen LogP contribution is 2.07. The summed E-state index contributed by atoms with van der Waals surface area (Å²) in [4.78, 5) is 22.6. The van der Waals surface area contributed by atoms with Crippen LogP contribution in [0.4, 0.5) is 0 Å². The van der Waals surface area contributed by atoms with E-state index in [0.29, 0.717) is 12.1 Å². The molecular formula is C13H17N3O3. The fourth-order valence-electron chi connectivity index (χ4n) is 1.15. The fourth-order valence-corrected chi connectivity index (χ4v) is 1.15. The van der Waals surface area contributed by atoms with Gasteiger partial charge in [-0.05, 0) is 35.7 Å². The Labute approximate surface area is 111 Å². The van der Waals surface area contributed by atoms with Crippen LogP contribution in [0, 0.1) is 5.92 Å². The van der Waals surface area contributed by atoms with Crippen LogP contribution in [0.3, 0.4) is 0 Å². The zero-order chi connectivity index (χ0) is 14.3. The van der Waals surface area contributed by atoms with Gasteiger partial charge in [0.1, 0.15) is 5.75 Å². The van der Waals surface area contributed by atoms with Gasteiger partial charge in [0.05, 0.1) is 6.21 Å². The second kappa shape index (κ2) is 7.15. The summed E-state index contributed by atoms with van der Waals surface area (Å²) < 4.78 is 0. The third-order valence-corrected chi connectivity index (χ3v) is 2.15. The van der Waals surface area contributed by atoms with Gasteiger partial charge >= 0.3 is 11.8 Å². The van der Waals surface area contributed by atoms with Gasteiger partial charge in [-0.25, -0.2) is 5.43 Å². The minimum absolute atomic E-state index is 0.147. The van der Waals surface area contributed by atoms with E-state index in [4.69, 9.17) is 5.11 Å². The molecule has 6 heteroatoms. The lowest BCUT2D eigenvalue weighted by Gasteiger charge is -2.05. The normalized spacial score (nSPS) is 10.7. The average molecular weight is 263 g/mol. The highest BCUT2D eigenvalue weighted by molar-refractivity contribution is 6.35. The minimum Gasteiger partial charge on any atom is -0.508 e. The fraction of sp³-hybridized carbons (Fsp3) is 0.308. The predicted octanol–water partition coefficient (Wildman–Crippen LogP) is 0.615. The monoisotopic (exact) mass is 263 g/mol. The summed E-state index contributed by atoms with van der Waals surface area (Å²) in [5.41, 5.74) is 2.82. The molecule has 1 aromatic rings. The molecular weight excluding hydrogens is 246 g/mol. The van der Waals surface area contributed by atoms with Crippen molar-refractivity contribution >= 4 is 18.0 Å². The zero-order valence-electron chi connectivity index (χ0n) is 10.9. The van der Waals surface area contributed by atoms with Crippen molar-refractivity contribution in [2.45, 2.75) is 13.8 Å². The Bertz CT molecular complexity index is 467. The lowest BCUT2D eigenvalue weighted by atomic mass is 10.2. The maximum Gasteiger partial charge on any atom is 0.329 e. The molecule has 2 amide bonds. The molecule has 0 unspecified atom stereocenters. The van der Waals surface area contributed by atoms with Gasteiger partial charge in [0.2, 0.25) is 0 Å². The first-order valence-corrected chi connectivity index (χ1v) is 5.89. The van der Waals surface area contributed by atoms with Gasteiger partial charge in [0.15, 0.2) is 0 Å². The molecule has 1 aromatic carbocycles. The van der Waals surface area contributed by atoms with Gasteiger partial charge in [-0.2, -0.15) is 5.10 Å². The molecule has 6 nitrogen and oxygen atoms in total. The van der Waals surface area contributed by atoms with E-state index in [-0.39, 0.29) is 11.7 Å². The van der Waals surface area contributed by atoms with Crippen LogP contribution in [0.25, 0.3) is 0 Å². The van der Waals surface area contributed by atoms with Gasteiger partial charge in [-0.15, -0.1) is 0 Å². The number of benzene rings is 1. The number of carbonyl (C=O) groups is 2. The van der Waals surface area contributed by atoms with Crippen LogP contribution in [0.5, 0.6) is 5.75 Å². The summed E-state index contributed by atoms with van der Waals surface area (Å²) in [5.74, 6) is -1.10. The second-order valence-corrected chi connectivity index (χ2v) is 4.39. The van der Waals surface area contributed by atoms with Crippen molar-refractivity contribution in [2.24, 2.45) is 11.0 Å². The number of hydrogen-bond acceptors (Lipinski definition) is 4. The third-order valence-electron chi connectivity index (χ3n) is 2.15. The number of rotatable bonds is 4. The summed E-state index contributed by atoms with van der Waals surface area (Å²) >= 11 is 0. The minimum atomic E-state index is -0.810. The first kappa shape index (κ1) is 14.7. The smallest absolute Gasteiger partial charge is 0.329 e. The summed E-state index contributed by atoms with van der Waals surface area (Å²) in [7, 11) is 0. The molecule has 19 heavy (non-hydrogen) atoms. The number of nitrogens with zero attached hydrogens (tertiary/aromatic N) is 1. The Balaban J connectivity index is 2.41. The Morgan fingerprint density at radius 1 is 1.26 bits per heavy atom. The number of amides is 2. The van der Waals surface area contributed by atoms with E-state index >= 15 is 0 Å². The predicted molar refractivity (Wildman–Crippen MR) is 71.7 cm³/mol. The molecule has 0 aliphatic rings. The summed E-state index contributed by atoms with van der Waals surface area (Å²) in [5, 5.41) is 15.2. The number of phenols is 1. The Kier molecular flexibility index (Phi) is 5.53. The average Bonchev–Trinajstić information content (AvgIpc) is 2.38. The first-order chi connectivity index (χ1) is 8.99. The molecule has 0 atom stereocenters. The van der Waals surface area contributed by atoms with Gasteiger partial charge < -0.3 is 10.4 Å². The van der Waals surface area contributed by atoms with Crippen LogP contribution in [0.15, 0.2) is 29.4 Å². The molecule has 3 N–H and O–H groups in total. The van der Waals surface area contributed by atoms with Crippen molar-refractivity contribution in [1.29, 1.82) is 0 Å². The van der Waals surface area contributed by atoms with Crippen molar-refractivity contribution in [1.82, 2.24) is 10.7 Å². The van der Waals surface area contributed by atoms with Crippen molar-refractivity contribution in [2.75, 3.05) is 6.54 Å². The van der Waals surface area contributed by atoms with Crippen LogP contribution in [0.2, 0.25) is 0 Å². The number of hydrogen-bond donors (Lipinski definition) is 3. The molecule has 0 spiro atoms. The lowest BCUT2D eigenvalue weighted by Crippen LogP contribution is -2.39. The largest absolute Gasteiger partial charge is 0.508 e. The SMILES string of the molecule is CC(C)CNC(=O)C(=O)N/N=C/c1ccc(O)cc1. The third kappa shape index (κ3) is 5.67. The van der Waals surface area contributed by atoms with E-state index in [2.05, 4.69) is 15.8 Å². The maximum absolute atomic E-state index is 11.3. The van der Waals surface area contributed by atoms with Crippen molar-refractivity contribution in [3.05, 3.63) is 29.8 Å². The Morgan fingerprint density at radius 3 is 2.47 bits per heavy atom. The van der Waals surface area contributed by atoms with Gasteiger partial charge in [-0.1, -0.05) is 13.8 Å². The van der Waals surface area contributed by atoms with E-state index in [1.165, 1.54) is 18.3 Å². The molecule has 0 radical (unpaired) electrons. The number of aromatic hydroxyl groups is 1. The van der Waals surface area contributed by atoms with Crippen LogP contribution in [0.1, 0.15) is 19.4 Å². The number of phenolic OH excluding ortho intramolecular Hbond substituents is 1. The molecule has 0 aromatic heterocycles. The summed E-state index contributed by atoms with van der Waals surface area (Å²) in [6.07, 6.45) is 1.38. The van der Waals surface area contributed by atoms with Crippen LogP contribution in [-0.2, 0) is 9.59 Å². The summed E-state index contributed by atoms with van der Waals surface area (Å²) in [6, 6.07) is 6.25. The summed E-state index contributed by atoms with van der Waals surface area (Å²) in [6.45, 7) is 4.30. The Morgan fingerprint density at radius 2 is 1.89 bits per heavy atom. The second-order valence-electron chi connectivity index (χ2n) is 4.39. The van der Waals surface area contributed by atoms with E-state index in [1.54, 1.807) is 12.1 Å². The van der Waals surface area contributed by atoms with Crippen LogP contribution >= 0.6 is 0 Å². The molecule has 0 aliphatic heterocycles. The molecule has 0 aliphatic carbocycles. The molecule has 0 bridgehead atoms. The highest BCUT2D eigenvalue weighted by atomic mass is 16.3. The quantitative estimate of drug-likeness (QED) is 0.422. The molecule has 1 rings (SSSR count). The zero-order valence-corrected chi connectivity index (χ0v) is 10.9. The van der Waals surface area contributed by atoms with Crippen LogP contribution < -0.4 is 10.7 Å². The number of nitrogens with one attached hydrogen (secondary N) is 2. The number of hydrazone groups is 1. The topological polar surface area (TPSA) is 90.8 Å². The lowest BCUT2D eigenvalue weighted by molar-refractivity contribution is -0.139. The first-order valence-electron chi connectivity index (χ1n) is 5.89.